The van der Waals surface area contributed by atoms with Crippen LogP contribution >= 0.6 is 0 Å². The number of hydrogen-bond acceptors (Lipinski definition) is 4. The molecular formula is C15H21F3N2O4. The van der Waals surface area contributed by atoms with E-state index in [0.29, 0.717) is 5.69 Å². The fourth-order valence-corrected chi connectivity index (χ4v) is 1.54. The van der Waals surface area contributed by atoms with Crippen LogP contribution < -0.4 is 11.1 Å². The van der Waals surface area contributed by atoms with E-state index in [1.54, 1.807) is 12.1 Å². The molecule has 1 aromatic rings. The molecular weight excluding hydrogens is 329 g/mol. The van der Waals surface area contributed by atoms with Gasteiger partial charge in [-0.25, -0.2) is 9.59 Å². The van der Waals surface area contributed by atoms with Gasteiger partial charge in [0.1, 0.15) is 6.04 Å². The molecule has 1 atom stereocenters. The van der Waals surface area contributed by atoms with Gasteiger partial charge < -0.3 is 21.3 Å². The number of carbonyl (C=O) groups is 2. The van der Waals surface area contributed by atoms with E-state index in [1.165, 1.54) is 0 Å². The first-order valence-electron chi connectivity index (χ1n) is 6.89. The third kappa shape index (κ3) is 7.82. The molecule has 0 aliphatic rings. The second-order valence-corrected chi connectivity index (χ2v) is 5.91. The number of carboxylic acids is 2. The van der Waals surface area contributed by atoms with Gasteiger partial charge in [-0.15, -0.1) is 0 Å². The van der Waals surface area contributed by atoms with Gasteiger partial charge in [-0.2, -0.15) is 13.2 Å². The summed E-state index contributed by atoms with van der Waals surface area (Å²) in [5.74, 6) is -3.65. The smallest absolute Gasteiger partial charge is 0.414 e. The molecule has 1 unspecified atom stereocenters. The minimum atomic E-state index is -4.34. The number of nitrogens with two attached hydrogens (primary N) is 1. The SMILES string of the molecule is CC(C)(C)c1ccc(NC(CN)C(F)(F)F)cc1.O=C(O)C(=O)O. The molecule has 0 spiro atoms. The number of rotatable bonds is 3. The second kappa shape index (κ2) is 8.53. The van der Waals surface area contributed by atoms with Gasteiger partial charge in [0.15, 0.2) is 0 Å². The number of halogens is 3. The quantitative estimate of drug-likeness (QED) is 0.623. The van der Waals surface area contributed by atoms with Crippen molar-refractivity contribution in [2.45, 2.75) is 38.4 Å². The van der Waals surface area contributed by atoms with Crippen molar-refractivity contribution >= 4 is 17.6 Å². The lowest BCUT2D eigenvalue weighted by atomic mass is 9.87. The summed E-state index contributed by atoms with van der Waals surface area (Å²) in [5, 5.41) is 17.2. The number of carboxylic acid groups (broad SMARTS) is 2. The Labute approximate surface area is 137 Å². The largest absolute Gasteiger partial charge is 0.473 e. The molecule has 0 aliphatic heterocycles. The lowest BCUT2D eigenvalue weighted by Crippen LogP contribution is -2.42. The molecule has 0 saturated carbocycles. The predicted octanol–water partition coefficient (Wildman–Crippen LogP) is 2.44. The van der Waals surface area contributed by atoms with Crippen LogP contribution in [0.25, 0.3) is 0 Å². The summed E-state index contributed by atoms with van der Waals surface area (Å²) >= 11 is 0. The fourth-order valence-electron chi connectivity index (χ4n) is 1.54. The van der Waals surface area contributed by atoms with Gasteiger partial charge in [-0.05, 0) is 23.1 Å². The van der Waals surface area contributed by atoms with Crippen LogP contribution in [0.2, 0.25) is 0 Å². The Morgan fingerprint density at radius 3 is 1.75 bits per heavy atom. The molecule has 6 nitrogen and oxygen atoms in total. The minimum Gasteiger partial charge on any atom is -0.473 e. The molecule has 24 heavy (non-hydrogen) atoms. The summed E-state index contributed by atoms with van der Waals surface area (Å²) in [6.45, 7) is 5.67. The molecule has 0 radical (unpaired) electrons. The van der Waals surface area contributed by atoms with Crippen molar-refractivity contribution in [3.8, 4) is 0 Å². The number of hydrogen-bond donors (Lipinski definition) is 4. The number of benzene rings is 1. The number of anilines is 1. The van der Waals surface area contributed by atoms with Crippen molar-refractivity contribution in [1.82, 2.24) is 0 Å². The van der Waals surface area contributed by atoms with Gasteiger partial charge in [0.05, 0.1) is 0 Å². The Morgan fingerprint density at radius 1 is 1.08 bits per heavy atom. The van der Waals surface area contributed by atoms with Crippen molar-refractivity contribution in [3.63, 3.8) is 0 Å². The Morgan fingerprint density at radius 2 is 1.50 bits per heavy atom. The molecule has 0 amide bonds. The Balaban J connectivity index is 0.000000754. The monoisotopic (exact) mass is 350 g/mol. The van der Waals surface area contributed by atoms with Crippen molar-refractivity contribution in [2.75, 3.05) is 11.9 Å². The number of alkyl halides is 3. The Kier molecular flexibility index (Phi) is 7.72. The van der Waals surface area contributed by atoms with E-state index < -0.39 is 30.7 Å². The average molecular weight is 350 g/mol. The standard InChI is InChI=1S/C13H19F3N2.C2H2O4/c1-12(2,3)9-4-6-10(7-5-9)18-11(8-17)13(14,15)16;3-1(4)2(5)6/h4-7,11,18H,8,17H2,1-3H3;(H,3,4)(H,5,6). The molecule has 0 saturated heterocycles. The lowest BCUT2D eigenvalue weighted by molar-refractivity contribution is -0.159. The summed E-state index contributed by atoms with van der Waals surface area (Å²) in [7, 11) is 0. The van der Waals surface area contributed by atoms with E-state index in [4.69, 9.17) is 25.5 Å². The summed E-state index contributed by atoms with van der Waals surface area (Å²) in [4.78, 5) is 18.2. The van der Waals surface area contributed by atoms with E-state index in [9.17, 15) is 13.2 Å². The Bertz CT molecular complexity index is 539. The van der Waals surface area contributed by atoms with Crippen LogP contribution in [0.1, 0.15) is 26.3 Å². The molecule has 0 bridgehead atoms. The van der Waals surface area contributed by atoms with Gasteiger partial charge in [-0.1, -0.05) is 32.9 Å². The highest BCUT2D eigenvalue weighted by atomic mass is 19.4. The number of nitrogens with one attached hydrogen (secondary N) is 1. The number of aliphatic carboxylic acids is 2. The van der Waals surface area contributed by atoms with Gasteiger partial charge >= 0.3 is 18.1 Å². The second-order valence-electron chi connectivity index (χ2n) is 5.91. The molecule has 1 aromatic carbocycles. The van der Waals surface area contributed by atoms with E-state index in [2.05, 4.69) is 5.32 Å². The van der Waals surface area contributed by atoms with E-state index in [-0.39, 0.29) is 5.41 Å². The average Bonchev–Trinajstić information content (AvgIpc) is 2.43. The van der Waals surface area contributed by atoms with E-state index in [1.807, 2.05) is 32.9 Å². The summed E-state index contributed by atoms with van der Waals surface area (Å²) in [5.41, 5.74) is 6.61. The van der Waals surface area contributed by atoms with Crippen LogP contribution in [-0.2, 0) is 15.0 Å². The third-order valence-electron chi connectivity index (χ3n) is 2.91. The highest BCUT2D eigenvalue weighted by Gasteiger charge is 2.38. The predicted molar refractivity (Wildman–Crippen MR) is 82.9 cm³/mol. The maximum Gasteiger partial charge on any atom is 0.414 e. The zero-order chi connectivity index (χ0) is 19.1. The van der Waals surface area contributed by atoms with Crippen LogP contribution in [0, 0.1) is 0 Å². The summed E-state index contributed by atoms with van der Waals surface area (Å²) < 4.78 is 37.6. The van der Waals surface area contributed by atoms with Gasteiger partial charge in [0.25, 0.3) is 0 Å². The van der Waals surface area contributed by atoms with Gasteiger partial charge in [0.2, 0.25) is 0 Å². The molecule has 0 aliphatic carbocycles. The molecule has 0 heterocycles. The highest BCUT2D eigenvalue weighted by Crippen LogP contribution is 2.26. The first kappa shape index (κ1) is 21.7. The fraction of sp³-hybridized carbons (Fsp3) is 0.467. The first-order valence-corrected chi connectivity index (χ1v) is 6.89. The minimum absolute atomic E-state index is 0.0180. The van der Waals surface area contributed by atoms with E-state index >= 15 is 0 Å². The topological polar surface area (TPSA) is 113 Å². The zero-order valence-corrected chi connectivity index (χ0v) is 13.5. The first-order chi connectivity index (χ1) is 10.8. The van der Waals surface area contributed by atoms with Crippen molar-refractivity contribution in [3.05, 3.63) is 29.8 Å². The normalized spacial score (nSPS) is 12.6. The van der Waals surface area contributed by atoms with Crippen LogP contribution in [0.3, 0.4) is 0 Å². The van der Waals surface area contributed by atoms with Crippen LogP contribution in [0.15, 0.2) is 24.3 Å². The molecule has 9 heteroatoms. The van der Waals surface area contributed by atoms with Gasteiger partial charge in [-0.3, -0.25) is 0 Å². The maximum absolute atomic E-state index is 12.5. The van der Waals surface area contributed by atoms with Crippen molar-refractivity contribution < 1.29 is 33.0 Å². The molecule has 5 N–H and O–H groups in total. The molecule has 0 aromatic heterocycles. The molecule has 0 fully saturated rings. The lowest BCUT2D eigenvalue weighted by Gasteiger charge is -2.23. The summed E-state index contributed by atoms with van der Waals surface area (Å²) in [6, 6.07) is 5.24. The van der Waals surface area contributed by atoms with Crippen LogP contribution in [0.4, 0.5) is 18.9 Å². The third-order valence-corrected chi connectivity index (χ3v) is 2.91. The van der Waals surface area contributed by atoms with E-state index in [0.717, 1.165) is 5.56 Å². The molecule has 136 valence electrons. The summed E-state index contributed by atoms with van der Waals surface area (Å²) in [6.07, 6.45) is -4.34. The maximum atomic E-state index is 12.5. The highest BCUT2D eigenvalue weighted by molar-refractivity contribution is 6.27. The molecule has 1 rings (SSSR count). The van der Waals surface area contributed by atoms with Gasteiger partial charge in [0, 0.05) is 12.2 Å². The van der Waals surface area contributed by atoms with Crippen molar-refractivity contribution in [2.24, 2.45) is 5.73 Å². The van der Waals surface area contributed by atoms with Crippen molar-refractivity contribution in [1.29, 1.82) is 0 Å². The van der Waals surface area contributed by atoms with Crippen LogP contribution in [0.5, 0.6) is 0 Å². The van der Waals surface area contributed by atoms with Crippen LogP contribution in [-0.4, -0.2) is 40.9 Å². The Hall–Kier alpha value is -2.29. The zero-order valence-electron chi connectivity index (χ0n) is 13.5.